The molecule has 0 amide bonds. The van der Waals surface area contributed by atoms with Gasteiger partial charge in [-0.25, -0.2) is 0 Å². The van der Waals surface area contributed by atoms with E-state index < -0.39 is 12.2 Å². The molecular formula is C27H40O3. The van der Waals surface area contributed by atoms with Crippen LogP contribution in [0.2, 0.25) is 0 Å². The molecular weight excluding hydrogens is 372 g/mol. The number of aliphatic hydroxyl groups is 3. The summed E-state index contributed by atoms with van der Waals surface area (Å²) in [6.07, 6.45) is 16.9. The van der Waals surface area contributed by atoms with Crippen molar-refractivity contribution in [2.45, 2.75) is 89.9 Å². The Bertz CT molecular complexity index is 743. The number of hydrogen-bond acceptors (Lipinski definition) is 3. The minimum atomic E-state index is -0.621. The van der Waals surface area contributed by atoms with E-state index in [1.807, 2.05) is 0 Å². The predicted octanol–water partition coefficient (Wildman–Crippen LogP) is 5.09. The first-order valence-electron chi connectivity index (χ1n) is 12.1. The maximum Gasteiger partial charge on any atom is 0.0811 e. The van der Waals surface area contributed by atoms with Gasteiger partial charge in [0.1, 0.15) is 0 Å². The van der Waals surface area contributed by atoms with Crippen LogP contribution < -0.4 is 0 Å². The summed E-state index contributed by atoms with van der Waals surface area (Å²) in [5, 5.41) is 30.4. The van der Waals surface area contributed by atoms with E-state index in [9.17, 15) is 15.3 Å². The van der Waals surface area contributed by atoms with Crippen molar-refractivity contribution in [3.8, 4) is 0 Å². The third kappa shape index (κ3) is 4.40. The average Bonchev–Trinajstić information content (AvgIpc) is 3.49. The minimum Gasteiger partial charge on any atom is -0.393 e. The molecule has 4 aliphatic carbocycles. The summed E-state index contributed by atoms with van der Waals surface area (Å²) in [7, 11) is 0. The van der Waals surface area contributed by atoms with Gasteiger partial charge in [0.05, 0.1) is 18.3 Å². The molecule has 3 heteroatoms. The number of rotatable bonds is 5. The van der Waals surface area contributed by atoms with Gasteiger partial charge >= 0.3 is 0 Å². The lowest BCUT2D eigenvalue weighted by molar-refractivity contribution is 0.0862. The minimum absolute atomic E-state index is 0.250. The van der Waals surface area contributed by atoms with E-state index in [0.29, 0.717) is 41.9 Å². The average molecular weight is 413 g/mol. The largest absolute Gasteiger partial charge is 0.393 e. The van der Waals surface area contributed by atoms with Gasteiger partial charge in [-0.2, -0.15) is 0 Å². The summed E-state index contributed by atoms with van der Waals surface area (Å²) in [5.41, 5.74) is 3.63. The molecule has 0 heterocycles. The molecule has 3 N–H and O–H groups in total. The molecule has 4 saturated carbocycles. The molecule has 4 rings (SSSR count). The van der Waals surface area contributed by atoms with Crippen LogP contribution in [0.4, 0.5) is 0 Å². The van der Waals surface area contributed by atoms with Gasteiger partial charge in [-0.05, 0) is 91.6 Å². The third-order valence-corrected chi connectivity index (χ3v) is 8.65. The Balaban J connectivity index is 1.48. The standard InChI is InChI=1S/C27H40O3/c1-17(6-13-25(29)20-8-9-20)23-11-12-24-19(5-4-14-27(23,24)3)7-10-21-15-22(28)16-26(30)18(21)2/h6-7,10,13,17,20,22-26,28-30H,2,4-5,8-9,11-12,14-16H2,1,3H3/t17-,22-,23-,24?,25?,26+,27-/m1/s1. The molecule has 0 bridgehead atoms. The van der Waals surface area contributed by atoms with Crippen molar-refractivity contribution < 1.29 is 15.3 Å². The smallest absolute Gasteiger partial charge is 0.0811 e. The highest BCUT2D eigenvalue weighted by molar-refractivity contribution is 5.38. The van der Waals surface area contributed by atoms with Crippen LogP contribution in [0.15, 0.2) is 47.6 Å². The lowest BCUT2D eigenvalue weighted by atomic mass is 9.61. The lowest BCUT2D eigenvalue weighted by Crippen LogP contribution is -2.35. The maximum absolute atomic E-state index is 10.2. The molecule has 0 aliphatic heterocycles. The second-order valence-electron chi connectivity index (χ2n) is 10.7. The number of hydrogen-bond donors (Lipinski definition) is 3. The second kappa shape index (κ2) is 8.76. The number of allylic oxidation sites excluding steroid dienone is 4. The molecule has 166 valence electrons. The summed E-state index contributed by atoms with van der Waals surface area (Å²) in [6.45, 7) is 8.88. The Hall–Kier alpha value is -1.16. The van der Waals surface area contributed by atoms with E-state index in [4.69, 9.17) is 0 Å². The molecule has 4 aliphatic rings. The SMILES string of the molecule is C=C1C(=CC=C2CCC[C@@]3(C)C2CC[C@@H]3[C@H](C)C=CC(O)C2CC2)C[C@@H](O)C[C@@H]1O. The summed E-state index contributed by atoms with van der Waals surface area (Å²) >= 11 is 0. The van der Waals surface area contributed by atoms with Gasteiger partial charge in [-0.15, -0.1) is 0 Å². The predicted molar refractivity (Wildman–Crippen MR) is 122 cm³/mol. The fourth-order valence-electron chi connectivity index (χ4n) is 6.63. The van der Waals surface area contributed by atoms with Crippen LogP contribution in [-0.4, -0.2) is 33.6 Å². The summed E-state index contributed by atoms with van der Waals surface area (Å²) in [5.74, 6) is 2.28. The molecule has 3 nitrogen and oxygen atoms in total. The first kappa shape index (κ1) is 22.0. The Morgan fingerprint density at radius 1 is 1.10 bits per heavy atom. The molecule has 30 heavy (non-hydrogen) atoms. The van der Waals surface area contributed by atoms with Crippen molar-refractivity contribution in [3.05, 3.63) is 47.6 Å². The molecule has 0 saturated heterocycles. The van der Waals surface area contributed by atoms with E-state index in [2.05, 4.69) is 44.7 Å². The summed E-state index contributed by atoms with van der Waals surface area (Å²) in [6, 6.07) is 0. The van der Waals surface area contributed by atoms with Crippen molar-refractivity contribution in [2.24, 2.45) is 29.1 Å². The highest BCUT2D eigenvalue weighted by Gasteiger charge is 2.50. The fraction of sp³-hybridized carbons (Fsp3) is 0.704. The van der Waals surface area contributed by atoms with Crippen molar-refractivity contribution in [1.82, 2.24) is 0 Å². The van der Waals surface area contributed by atoms with E-state index in [1.165, 1.54) is 44.1 Å². The molecule has 0 aromatic carbocycles. The van der Waals surface area contributed by atoms with E-state index >= 15 is 0 Å². The van der Waals surface area contributed by atoms with Gasteiger partial charge in [0.2, 0.25) is 0 Å². The number of aliphatic hydroxyl groups excluding tert-OH is 3. The Kier molecular flexibility index (Phi) is 6.44. The zero-order valence-electron chi connectivity index (χ0n) is 18.8. The van der Waals surface area contributed by atoms with Gasteiger partial charge in [-0.1, -0.05) is 50.3 Å². The topological polar surface area (TPSA) is 60.7 Å². The van der Waals surface area contributed by atoms with Crippen LogP contribution in [0.1, 0.15) is 71.6 Å². The first-order valence-corrected chi connectivity index (χ1v) is 12.1. The maximum atomic E-state index is 10.2. The van der Waals surface area contributed by atoms with Crippen LogP contribution >= 0.6 is 0 Å². The molecule has 0 aromatic heterocycles. The quantitative estimate of drug-likeness (QED) is 0.551. The van der Waals surface area contributed by atoms with Crippen LogP contribution in [-0.2, 0) is 0 Å². The number of fused-ring (bicyclic) bond motifs is 1. The Labute approximate surface area is 182 Å². The molecule has 0 radical (unpaired) electrons. The van der Waals surface area contributed by atoms with Crippen LogP contribution in [0.5, 0.6) is 0 Å². The van der Waals surface area contributed by atoms with Crippen LogP contribution in [0.25, 0.3) is 0 Å². The highest BCUT2D eigenvalue weighted by atomic mass is 16.3. The molecule has 4 fully saturated rings. The molecule has 7 atom stereocenters. The zero-order chi connectivity index (χ0) is 21.5. The van der Waals surface area contributed by atoms with Gasteiger partial charge < -0.3 is 15.3 Å². The van der Waals surface area contributed by atoms with Gasteiger partial charge in [-0.3, -0.25) is 0 Å². The van der Waals surface area contributed by atoms with Crippen molar-refractivity contribution in [1.29, 1.82) is 0 Å². The molecule has 0 aromatic rings. The van der Waals surface area contributed by atoms with Gasteiger partial charge in [0.25, 0.3) is 0 Å². The van der Waals surface area contributed by atoms with Crippen LogP contribution in [0.3, 0.4) is 0 Å². The van der Waals surface area contributed by atoms with E-state index in [0.717, 1.165) is 17.6 Å². The highest BCUT2D eigenvalue weighted by Crippen LogP contribution is 2.59. The molecule has 0 spiro atoms. The van der Waals surface area contributed by atoms with E-state index in [-0.39, 0.29) is 6.10 Å². The van der Waals surface area contributed by atoms with Gasteiger partial charge in [0.15, 0.2) is 0 Å². The lowest BCUT2D eigenvalue weighted by Gasteiger charge is -2.44. The zero-order valence-corrected chi connectivity index (χ0v) is 18.8. The van der Waals surface area contributed by atoms with Crippen molar-refractivity contribution in [2.75, 3.05) is 0 Å². The van der Waals surface area contributed by atoms with Crippen molar-refractivity contribution in [3.63, 3.8) is 0 Å². The van der Waals surface area contributed by atoms with Gasteiger partial charge in [0, 0.05) is 6.42 Å². The summed E-state index contributed by atoms with van der Waals surface area (Å²) in [4.78, 5) is 0. The Morgan fingerprint density at radius 3 is 2.60 bits per heavy atom. The second-order valence-corrected chi connectivity index (χ2v) is 10.7. The monoisotopic (exact) mass is 412 g/mol. The van der Waals surface area contributed by atoms with E-state index in [1.54, 1.807) is 0 Å². The Morgan fingerprint density at radius 2 is 1.87 bits per heavy atom. The first-order chi connectivity index (χ1) is 14.3. The third-order valence-electron chi connectivity index (χ3n) is 8.65. The van der Waals surface area contributed by atoms with Crippen molar-refractivity contribution >= 4 is 0 Å². The normalized spacial score (nSPS) is 42.1. The fourth-order valence-corrected chi connectivity index (χ4v) is 6.63. The van der Waals surface area contributed by atoms with Crippen LogP contribution in [0, 0.1) is 29.1 Å². The molecule has 2 unspecified atom stereocenters. The summed E-state index contributed by atoms with van der Waals surface area (Å²) < 4.78 is 0.